The van der Waals surface area contributed by atoms with Crippen LogP contribution in [0.3, 0.4) is 0 Å². The van der Waals surface area contributed by atoms with Crippen molar-refractivity contribution in [2.75, 3.05) is 18.8 Å². The Kier molecular flexibility index (Phi) is 5.91. The third-order valence-electron chi connectivity index (χ3n) is 3.32. The molecule has 6 nitrogen and oxygen atoms in total. The van der Waals surface area contributed by atoms with Crippen LogP contribution in [0, 0.1) is 11.6 Å². The molecule has 0 saturated carbocycles. The van der Waals surface area contributed by atoms with Gasteiger partial charge in [0.05, 0.1) is 21.4 Å². The van der Waals surface area contributed by atoms with Crippen molar-refractivity contribution in [2.24, 2.45) is 0 Å². The zero-order valence-electron chi connectivity index (χ0n) is 13.7. The summed E-state index contributed by atoms with van der Waals surface area (Å²) in [6.07, 6.45) is 0. The molecular formula is C15H15ClF2N2O4S2. The first-order valence-electron chi connectivity index (χ1n) is 7.09. The van der Waals surface area contributed by atoms with Crippen LogP contribution in [0.15, 0.2) is 41.3 Å². The highest BCUT2D eigenvalue weighted by atomic mass is 35.5. The van der Waals surface area contributed by atoms with E-state index in [0.29, 0.717) is 0 Å². The van der Waals surface area contributed by atoms with Crippen LogP contribution in [0.1, 0.15) is 5.56 Å². The van der Waals surface area contributed by atoms with Gasteiger partial charge in [0.25, 0.3) is 0 Å². The first-order chi connectivity index (χ1) is 11.9. The van der Waals surface area contributed by atoms with Crippen LogP contribution in [0.4, 0.5) is 14.5 Å². The summed E-state index contributed by atoms with van der Waals surface area (Å²) < 4.78 is 78.7. The third-order valence-corrected chi connectivity index (χ3v) is 6.67. The summed E-state index contributed by atoms with van der Waals surface area (Å²) in [7, 11) is -5.39. The molecule has 2 aromatic rings. The summed E-state index contributed by atoms with van der Waals surface area (Å²) in [5, 5.41) is -0.247. The Morgan fingerprint density at radius 2 is 1.62 bits per heavy atom. The number of anilines is 1. The average Bonchev–Trinajstić information content (AvgIpc) is 2.52. The summed E-state index contributed by atoms with van der Waals surface area (Å²) in [4.78, 5) is -0.272. The molecule has 26 heavy (non-hydrogen) atoms. The van der Waals surface area contributed by atoms with Crippen LogP contribution in [0.2, 0.25) is 5.02 Å². The second kappa shape index (κ2) is 7.47. The van der Waals surface area contributed by atoms with Gasteiger partial charge in [-0.25, -0.2) is 29.9 Å². The minimum atomic E-state index is -4.10. The number of sulfonamides is 2. The number of hydrogen-bond acceptors (Lipinski definition) is 4. The average molecular weight is 425 g/mol. The standard InChI is InChI=1S/C15H15ClF2N2O4S2/c1-20(2)26(23,24)11-4-6-14(18)15(8-11)19-25(21,22)9-10-3-5-13(17)12(16)7-10/h3-8,19H,9H2,1-2H3. The lowest BCUT2D eigenvalue weighted by Gasteiger charge is -2.14. The Hall–Kier alpha value is -1.75. The lowest BCUT2D eigenvalue weighted by atomic mass is 10.2. The molecule has 0 aromatic heterocycles. The van der Waals surface area contributed by atoms with Crippen molar-refractivity contribution in [3.8, 4) is 0 Å². The largest absolute Gasteiger partial charge is 0.280 e. The Labute approximate surface area is 155 Å². The van der Waals surface area contributed by atoms with Gasteiger partial charge in [-0.3, -0.25) is 4.72 Å². The van der Waals surface area contributed by atoms with Gasteiger partial charge in [0.2, 0.25) is 20.0 Å². The molecule has 0 saturated heterocycles. The Morgan fingerprint density at radius 3 is 2.19 bits per heavy atom. The van der Waals surface area contributed by atoms with E-state index in [1.54, 1.807) is 0 Å². The minimum Gasteiger partial charge on any atom is -0.280 e. The first kappa shape index (κ1) is 20.6. The molecule has 11 heteroatoms. The minimum absolute atomic E-state index is 0.182. The van der Waals surface area contributed by atoms with E-state index in [0.717, 1.165) is 34.6 Å². The molecule has 2 aromatic carbocycles. The van der Waals surface area contributed by atoms with E-state index in [1.807, 2.05) is 4.72 Å². The number of rotatable bonds is 6. The van der Waals surface area contributed by atoms with E-state index < -0.39 is 43.1 Å². The van der Waals surface area contributed by atoms with Crippen molar-refractivity contribution in [1.29, 1.82) is 0 Å². The van der Waals surface area contributed by atoms with E-state index in [4.69, 9.17) is 11.6 Å². The summed E-state index contributed by atoms with van der Waals surface area (Å²) in [6.45, 7) is 0. The Balaban J connectivity index is 2.33. The predicted octanol–water partition coefficient (Wildman–Crippen LogP) is 2.81. The molecule has 0 spiro atoms. The van der Waals surface area contributed by atoms with Crippen LogP contribution >= 0.6 is 11.6 Å². The normalized spacial score (nSPS) is 12.4. The number of halogens is 3. The molecular weight excluding hydrogens is 410 g/mol. The second-order valence-corrected chi connectivity index (χ2v) is 9.82. The quantitative estimate of drug-likeness (QED) is 0.772. The van der Waals surface area contributed by atoms with E-state index in [2.05, 4.69) is 0 Å². The van der Waals surface area contributed by atoms with E-state index in [-0.39, 0.29) is 15.5 Å². The predicted molar refractivity (Wildman–Crippen MR) is 94.9 cm³/mol. The van der Waals surface area contributed by atoms with Gasteiger partial charge in [0.1, 0.15) is 11.6 Å². The van der Waals surface area contributed by atoms with Gasteiger partial charge in [-0.2, -0.15) is 0 Å². The zero-order chi connectivity index (χ0) is 19.7. The van der Waals surface area contributed by atoms with Crippen molar-refractivity contribution in [1.82, 2.24) is 4.31 Å². The third kappa shape index (κ3) is 4.70. The molecule has 0 atom stereocenters. The smallest absolute Gasteiger partial charge is 0.242 e. The highest BCUT2D eigenvalue weighted by Crippen LogP contribution is 2.24. The summed E-state index contributed by atoms with van der Waals surface area (Å²) in [6, 6.07) is 6.15. The number of benzene rings is 2. The van der Waals surface area contributed by atoms with Crippen molar-refractivity contribution in [2.45, 2.75) is 10.6 Å². The lowest BCUT2D eigenvalue weighted by Crippen LogP contribution is -2.23. The van der Waals surface area contributed by atoms with Gasteiger partial charge >= 0.3 is 0 Å². The van der Waals surface area contributed by atoms with Gasteiger partial charge in [-0.05, 0) is 35.9 Å². The molecule has 0 radical (unpaired) electrons. The Bertz CT molecular complexity index is 1040. The maximum Gasteiger partial charge on any atom is 0.242 e. The fourth-order valence-corrected chi connectivity index (χ4v) is 4.32. The second-order valence-electron chi connectivity index (χ2n) is 5.54. The number of nitrogens with one attached hydrogen (secondary N) is 1. The molecule has 0 heterocycles. The topological polar surface area (TPSA) is 83.6 Å². The molecule has 0 amide bonds. The molecule has 1 N–H and O–H groups in total. The van der Waals surface area contributed by atoms with Crippen LogP contribution in [-0.2, 0) is 25.8 Å². The highest BCUT2D eigenvalue weighted by Gasteiger charge is 2.21. The highest BCUT2D eigenvalue weighted by molar-refractivity contribution is 7.92. The van der Waals surface area contributed by atoms with Crippen molar-refractivity contribution < 1.29 is 25.6 Å². The molecule has 0 bridgehead atoms. The van der Waals surface area contributed by atoms with Gasteiger partial charge in [0, 0.05) is 14.1 Å². The SMILES string of the molecule is CN(C)S(=O)(=O)c1ccc(F)c(NS(=O)(=O)Cc2ccc(F)c(Cl)c2)c1. The Morgan fingerprint density at radius 1 is 1.00 bits per heavy atom. The molecule has 2 rings (SSSR count). The van der Waals surface area contributed by atoms with Gasteiger partial charge in [0.15, 0.2) is 0 Å². The van der Waals surface area contributed by atoms with Crippen LogP contribution < -0.4 is 4.72 Å². The number of nitrogens with zero attached hydrogens (tertiary/aromatic N) is 1. The fraction of sp³-hybridized carbons (Fsp3) is 0.200. The van der Waals surface area contributed by atoms with Gasteiger partial charge in [-0.15, -0.1) is 0 Å². The van der Waals surface area contributed by atoms with Crippen LogP contribution in [0.5, 0.6) is 0 Å². The maximum atomic E-state index is 13.9. The van der Waals surface area contributed by atoms with E-state index in [1.165, 1.54) is 20.2 Å². The fourth-order valence-electron chi connectivity index (χ4n) is 2.01. The maximum absolute atomic E-state index is 13.9. The van der Waals surface area contributed by atoms with Gasteiger partial charge < -0.3 is 0 Å². The summed E-state index contributed by atoms with van der Waals surface area (Å²) >= 11 is 5.61. The number of hydrogen-bond donors (Lipinski definition) is 1. The van der Waals surface area contributed by atoms with Crippen molar-refractivity contribution in [3.05, 3.63) is 58.6 Å². The lowest BCUT2D eigenvalue weighted by molar-refractivity contribution is 0.520. The van der Waals surface area contributed by atoms with E-state index in [9.17, 15) is 25.6 Å². The zero-order valence-corrected chi connectivity index (χ0v) is 16.1. The summed E-state index contributed by atoms with van der Waals surface area (Å²) in [5.74, 6) is -2.24. The molecule has 142 valence electrons. The van der Waals surface area contributed by atoms with Gasteiger partial charge in [-0.1, -0.05) is 17.7 Å². The monoisotopic (exact) mass is 424 g/mol. The summed E-state index contributed by atoms with van der Waals surface area (Å²) in [5.41, 5.74) is -0.331. The van der Waals surface area contributed by atoms with Crippen LogP contribution in [0.25, 0.3) is 0 Å². The van der Waals surface area contributed by atoms with Crippen molar-refractivity contribution >= 4 is 37.3 Å². The molecule has 0 fully saturated rings. The molecule has 0 unspecified atom stereocenters. The molecule has 0 aliphatic heterocycles. The van der Waals surface area contributed by atoms with E-state index >= 15 is 0 Å². The molecule has 0 aliphatic carbocycles. The van der Waals surface area contributed by atoms with Crippen molar-refractivity contribution in [3.63, 3.8) is 0 Å². The van der Waals surface area contributed by atoms with Crippen LogP contribution in [-0.4, -0.2) is 35.2 Å². The molecule has 0 aliphatic rings. The first-order valence-corrected chi connectivity index (χ1v) is 10.6.